The van der Waals surface area contributed by atoms with Crippen LogP contribution in [0.15, 0.2) is 54.7 Å². The summed E-state index contributed by atoms with van der Waals surface area (Å²) in [5.41, 5.74) is 5.63. The maximum absolute atomic E-state index is 12.7. The molecule has 0 unspecified atom stereocenters. The Morgan fingerprint density at radius 3 is 2.48 bits per heavy atom. The number of pyridine rings is 1. The van der Waals surface area contributed by atoms with Gasteiger partial charge in [-0.15, -0.1) is 0 Å². The third-order valence-electron chi connectivity index (χ3n) is 5.06. The van der Waals surface area contributed by atoms with Crippen LogP contribution in [-0.4, -0.2) is 24.5 Å². The topological polar surface area (TPSA) is 72.2 Å². The number of nitrogens with zero attached hydrogens (tertiary/aromatic N) is 2. The number of carbonyl (C=O) groups is 1. The highest BCUT2D eigenvalue weighted by Crippen LogP contribution is 2.30. The number of Topliss-reactive ketones (excluding diaryl/α,β-unsaturated/α-hetero) is 1. The number of ketones is 1. The number of aromatic nitrogens is 1. The van der Waals surface area contributed by atoms with Crippen molar-refractivity contribution in [2.24, 2.45) is 0 Å². The van der Waals surface area contributed by atoms with Gasteiger partial charge in [0.05, 0.1) is 18.4 Å². The quantitative estimate of drug-likeness (QED) is 0.387. The Bertz CT molecular complexity index is 1180. The van der Waals surface area contributed by atoms with Crippen molar-refractivity contribution in [3.8, 4) is 17.6 Å². The first-order valence-electron chi connectivity index (χ1n) is 9.88. The van der Waals surface area contributed by atoms with E-state index < -0.39 is 0 Å². The molecule has 0 aliphatic rings. The lowest BCUT2D eigenvalue weighted by atomic mass is 9.98. The number of nitriles is 1. The Morgan fingerprint density at radius 1 is 1.03 bits per heavy atom. The molecule has 0 atom stereocenters. The van der Waals surface area contributed by atoms with Gasteiger partial charge in [0.15, 0.2) is 23.9 Å². The standard InChI is InChI=1S/C26H24N2O3/c1-17-11-19(3)22(12-18(17)2)24(29)16-31-25-9-8-20(14-26(25)30-4)13-21(15-27)23-7-5-6-10-28-23/h5-14H,16H2,1-4H3/b21-13+. The molecule has 0 amide bonds. The number of ether oxygens (including phenoxy) is 2. The van der Waals surface area contributed by atoms with Gasteiger partial charge in [-0.25, -0.2) is 0 Å². The van der Waals surface area contributed by atoms with Gasteiger partial charge in [-0.1, -0.05) is 18.2 Å². The molecule has 2 aromatic carbocycles. The van der Waals surface area contributed by atoms with Gasteiger partial charge in [0.1, 0.15) is 6.07 Å². The first-order valence-corrected chi connectivity index (χ1v) is 9.88. The highest BCUT2D eigenvalue weighted by atomic mass is 16.5. The minimum atomic E-state index is -0.0910. The molecule has 0 saturated heterocycles. The maximum atomic E-state index is 12.7. The van der Waals surface area contributed by atoms with Crippen LogP contribution in [0.2, 0.25) is 0 Å². The van der Waals surface area contributed by atoms with E-state index in [-0.39, 0.29) is 12.4 Å². The molecule has 0 fully saturated rings. The summed E-state index contributed by atoms with van der Waals surface area (Å²) in [4.78, 5) is 16.9. The van der Waals surface area contributed by atoms with Crippen molar-refractivity contribution in [1.29, 1.82) is 5.26 Å². The molecule has 1 heterocycles. The first kappa shape index (κ1) is 21.8. The van der Waals surface area contributed by atoms with Gasteiger partial charge in [-0.2, -0.15) is 5.26 Å². The second-order valence-electron chi connectivity index (χ2n) is 7.26. The van der Waals surface area contributed by atoms with Crippen LogP contribution in [0, 0.1) is 32.1 Å². The third-order valence-corrected chi connectivity index (χ3v) is 5.06. The largest absolute Gasteiger partial charge is 0.493 e. The van der Waals surface area contributed by atoms with Crippen molar-refractivity contribution in [1.82, 2.24) is 4.98 Å². The predicted molar refractivity (Wildman–Crippen MR) is 121 cm³/mol. The second kappa shape index (κ2) is 9.73. The van der Waals surface area contributed by atoms with E-state index in [2.05, 4.69) is 11.1 Å². The van der Waals surface area contributed by atoms with E-state index in [1.54, 1.807) is 36.5 Å². The van der Waals surface area contributed by atoms with Crippen molar-refractivity contribution in [3.63, 3.8) is 0 Å². The van der Waals surface area contributed by atoms with E-state index in [0.29, 0.717) is 28.3 Å². The Balaban J connectivity index is 1.79. The Labute approximate surface area is 182 Å². The molecule has 0 aliphatic heterocycles. The van der Waals surface area contributed by atoms with E-state index >= 15 is 0 Å². The SMILES string of the molecule is COc1cc(/C=C(\C#N)c2ccccn2)ccc1OCC(=O)c1cc(C)c(C)cc1C. The first-order chi connectivity index (χ1) is 14.9. The van der Waals surface area contributed by atoms with E-state index in [1.807, 2.05) is 45.0 Å². The Kier molecular flexibility index (Phi) is 6.84. The zero-order valence-electron chi connectivity index (χ0n) is 18.1. The van der Waals surface area contributed by atoms with Crippen LogP contribution in [0.1, 0.15) is 38.3 Å². The minimum absolute atomic E-state index is 0.0893. The summed E-state index contributed by atoms with van der Waals surface area (Å²) < 4.78 is 11.2. The molecular formula is C26H24N2O3. The Hall–Kier alpha value is -3.91. The van der Waals surface area contributed by atoms with Gasteiger partial charge in [0, 0.05) is 11.8 Å². The smallest absolute Gasteiger partial charge is 0.200 e. The lowest BCUT2D eigenvalue weighted by Gasteiger charge is -2.13. The predicted octanol–water partition coefficient (Wildman–Crippen LogP) is 5.34. The van der Waals surface area contributed by atoms with Crippen LogP contribution in [0.5, 0.6) is 11.5 Å². The average Bonchev–Trinajstić information content (AvgIpc) is 2.79. The molecule has 5 nitrogen and oxygen atoms in total. The number of aryl methyl sites for hydroxylation is 3. The molecular weight excluding hydrogens is 388 g/mol. The van der Waals surface area contributed by atoms with Gasteiger partial charge in [-0.3, -0.25) is 9.78 Å². The van der Waals surface area contributed by atoms with Crippen LogP contribution < -0.4 is 9.47 Å². The minimum Gasteiger partial charge on any atom is -0.493 e. The van der Waals surface area contributed by atoms with Crippen LogP contribution in [-0.2, 0) is 0 Å². The number of carbonyl (C=O) groups excluding carboxylic acids is 1. The normalized spacial score (nSPS) is 11.0. The van der Waals surface area contributed by atoms with Gasteiger partial charge in [0.2, 0.25) is 0 Å². The fourth-order valence-electron chi connectivity index (χ4n) is 3.23. The van der Waals surface area contributed by atoms with Crippen LogP contribution in [0.4, 0.5) is 0 Å². The van der Waals surface area contributed by atoms with Gasteiger partial charge in [-0.05, 0) is 79.4 Å². The molecule has 0 aliphatic carbocycles. The summed E-state index contributed by atoms with van der Waals surface area (Å²) in [6.45, 7) is 5.85. The molecule has 0 N–H and O–H groups in total. The average molecular weight is 412 g/mol. The summed E-state index contributed by atoms with van der Waals surface area (Å²) in [7, 11) is 1.54. The van der Waals surface area contributed by atoms with Gasteiger partial charge in [0.25, 0.3) is 0 Å². The summed E-state index contributed by atoms with van der Waals surface area (Å²) in [6.07, 6.45) is 3.38. The molecule has 0 saturated carbocycles. The Morgan fingerprint density at radius 2 is 1.81 bits per heavy atom. The van der Waals surface area contributed by atoms with Gasteiger partial charge >= 0.3 is 0 Å². The number of hydrogen-bond donors (Lipinski definition) is 0. The molecule has 3 rings (SSSR count). The third kappa shape index (κ3) is 5.18. The van der Waals surface area contributed by atoms with E-state index in [4.69, 9.17) is 9.47 Å². The van der Waals surface area contributed by atoms with E-state index in [0.717, 1.165) is 22.3 Å². The number of benzene rings is 2. The molecule has 5 heteroatoms. The van der Waals surface area contributed by atoms with Crippen LogP contribution in [0.25, 0.3) is 11.6 Å². The van der Waals surface area contributed by atoms with Crippen molar-refractivity contribution in [3.05, 3.63) is 88.2 Å². The van der Waals surface area contributed by atoms with Crippen molar-refractivity contribution in [2.45, 2.75) is 20.8 Å². The molecule has 1 aromatic heterocycles. The zero-order valence-corrected chi connectivity index (χ0v) is 18.1. The van der Waals surface area contributed by atoms with Gasteiger partial charge < -0.3 is 9.47 Å². The number of hydrogen-bond acceptors (Lipinski definition) is 5. The summed E-state index contributed by atoms with van der Waals surface area (Å²) in [5.74, 6) is 0.857. The molecule has 0 bridgehead atoms. The molecule has 3 aromatic rings. The monoisotopic (exact) mass is 412 g/mol. The van der Waals surface area contributed by atoms with E-state index in [1.165, 1.54) is 7.11 Å². The summed E-state index contributed by atoms with van der Waals surface area (Å²) in [5, 5.41) is 9.48. The van der Waals surface area contributed by atoms with E-state index in [9.17, 15) is 10.1 Å². The lowest BCUT2D eigenvalue weighted by molar-refractivity contribution is 0.0919. The van der Waals surface area contributed by atoms with Crippen LogP contribution in [0.3, 0.4) is 0 Å². The van der Waals surface area contributed by atoms with Crippen LogP contribution >= 0.6 is 0 Å². The van der Waals surface area contributed by atoms with Crippen molar-refractivity contribution in [2.75, 3.05) is 13.7 Å². The molecule has 0 spiro atoms. The molecule has 156 valence electrons. The highest BCUT2D eigenvalue weighted by molar-refractivity contribution is 5.99. The fraction of sp³-hybridized carbons (Fsp3) is 0.192. The summed E-state index contributed by atoms with van der Waals surface area (Å²) >= 11 is 0. The fourth-order valence-corrected chi connectivity index (χ4v) is 3.23. The lowest BCUT2D eigenvalue weighted by Crippen LogP contribution is -2.14. The highest BCUT2D eigenvalue weighted by Gasteiger charge is 2.14. The number of rotatable bonds is 7. The zero-order chi connectivity index (χ0) is 22.4. The molecule has 31 heavy (non-hydrogen) atoms. The van der Waals surface area contributed by atoms with Crippen molar-refractivity contribution < 1.29 is 14.3 Å². The van der Waals surface area contributed by atoms with Crippen molar-refractivity contribution >= 4 is 17.4 Å². The maximum Gasteiger partial charge on any atom is 0.200 e. The summed E-state index contributed by atoms with van der Waals surface area (Å²) in [6, 6.07) is 16.8. The number of allylic oxidation sites excluding steroid dienone is 1. The second-order valence-corrected chi connectivity index (χ2v) is 7.26. The number of methoxy groups -OCH3 is 1. The molecule has 0 radical (unpaired) electrons.